The number of fused-ring (bicyclic) bond motifs is 1. The van der Waals surface area contributed by atoms with Gasteiger partial charge in [0.25, 0.3) is 5.09 Å². The number of aromatic amines is 1. The zero-order chi connectivity index (χ0) is 23.0. The van der Waals surface area contributed by atoms with Crippen molar-refractivity contribution in [1.29, 1.82) is 0 Å². The Morgan fingerprint density at radius 2 is 2.06 bits per heavy atom. The van der Waals surface area contributed by atoms with Crippen LogP contribution in [-0.2, 0) is 9.63 Å². The summed E-state index contributed by atoms with van der Waals surface area (Å²) >= 11 is 0. The van der Waals surface area contributed by atoms with Crippen LogP contribution in [0.3, 0.4) is 0 Å². The number of aliphatic hydroxyl groups is 1. The molecule has 1 heterocycles. The summed E-state index contributed by atoms with van der Waals surface area (Å²) in [5, 5.41) is 23.2. The number of hydrogen-bond acceptors (Lipinski definition) is 7. The van der Waals surface area contributed by atoms with E-state index in [4.69, 9.17) is 4.74 Å². The Morgan fingerprint density at radius 1 is 1.32 bits per heavy atom. The number of amides is 1. The number of hydrogen-bond donors (Lipinski definition) is 3. The van der Waals surface area contributed by atoms with E-state index in [1.54, 1.807) is 24.3 Å². The van der Waals surface area contributed by atoms with E-state index in [-0.39, 0.29) is 24.5 Å². The number of likely N-dealkylation sites (N-methyl/N-ethyl adjacent to an activating group) is 1. The highest BCUT2D eigenvalue weighted by molar-refractivity contribution is 5.84. The molecule has 0 saturated heterocycles. The van der Waals surface area contributed by atoms with Crippen LogP contribution in [0.2, 0.25) is 0 Å². The number of carbonyl (C=O) groups excluding carboxylic acids is 1. The molecule has 0 fully saturated rings. The molecule has 0 aliphatic heterocycles. The topological polar surface area (TPSA) is 144 Å². The van der Waals surface area contributed by atoms with Crippen LogP contribution in [0.25, 0.3) is 10.9 Å². The molecule has 0 radical (unpaired) electrons. The molecule has 11 heteroatoms. The summed E-state index contributed by atoms with van der Waals surface area (Å²) in [6.45, 7) is 2.80. The fraction of sp³-hybridized carbons (Fsp3) is 0.500. The number of pyridine rings is 1. The monoisotopic (exact) mass is 437 g/mol. The van der Waals surface area contributed by atoms with Crippen molar-refractivity contribution in [3.8, 4) is 5.75 Å². The fourth-order valence-electron chi connectivity index (χ4n) is 3.20. The van der Waals surface area contributed by atoms with Crippen LogP contribution in [-0.4, -0.2) is 78.1 Å². The maximum atomic E-state index is 11.8. The third kappa shape index (κ3) is 8.22. The molecule has 1 aromatic carbocycles. The molecule has 170 valence electrons. The van der Waals surface area contributed by atoms with Crippen LogP contribution >= 0.6 is 0 Å². The van der Waals surface area contributed by atoms with Crippen molar-refractivity contribution in [1.82, 2.24) is 10.3 Å². The highest BCUT2D eigenvalue weighted by Gasteiger charge is 2.22. The minimum absolute atomic E-state index is 0.0715. The molecule has 31 heavy (non-hydrogen) atoms. The Bertz CT molecular complexity index is 960. The van der Waals surface area contributed by atoms with E-state index in [2.05, 4.69) is 15.1 Å². The lowest BCUT2D eigenvalue weighted by Gasteiger charge is -2.32. The summed E-state index contributed by atoms with van der Waals surface area (Å²) in [5.74, 6) is 0.226. The first-order chi connectivity index (χ1) is 14.6. The van der Waals surface area contributed by atoms with E-state index >= 15 is 0 Å². The molecule has 2 atom stereocenters. The van der Waals surface area contributed by atoms with Gasteiger partial charge in [-0.3, -0.25) is 9.59 Å². The van der Waals surface area contributed by atoms with Gasteiger partial charge in [0.15, 0.2) is 0 Å². The standard InChI is InChI=1S/C20H28N4O7/c1-14(31-23(28)29)11-20(27)21-9-10-24(2,3)12-15(25)13-30-18-6-4-5-17-16(18)7-8-19(26)22-17/h4-8,14-15,25H,9-13H2,1-3H3,(H-,21,22,26,27)/p+1. The third-order valence-corrected chi connectivity index (χ3v) is 4.64. The van der Waals surface area contributed by atoms with Gasteiger partial charge in [-0.2, -0.15) is 0 Å². The Morgan fingerprint density at radius 3 is 2.77 bits per heavy atom. The molecule has 0 bridgehead atoms. The second-order valence-electron chi connectivity index (χ2n) is 8.04. The molecular formula is C20H29N4O7+. The van der Waals surface area contributed by atoms with E-state index in [1.807, 2.05) is 14.1 Å². The molecule has 1 amide bonds. The lowest BCUT2D eigenvalue weighted by atomic mass is 10.2. The van der Waals surface area contributed by atoms with Crippen LogP contribution in [0.15, 0.2) is 35.1 Å². The summed E-state index contributed by atoms with van der Waals surface area (Å²) in [5.41, 5.74) is 0.458. The van der Waals surface area contributed by atoms with E-state index in [9.17, 15) is 24.8 Å². The molecule has 0 saturated carbocycles. The maximum Gasteiger partial charge on any atom is 0.294 e. The van der Waals surface area contributed by atoms with Gasteiger partial charge in [-0.05, 0) is 25.1 Å². The van der Waals surface area contributed by atoms with E-state index in [0.29, 0.717) is 35.4 Å². The average molecular weight is 437 g/mol. The molecule has 1 aromatic heterocycles. The number of nitrogens with one attached hydrogen (secondary N) is 2. The molecule has 11 nitrogen and oxygen atoms in total. The molecule has 0 aliphatic rings. The zero-order valence-corrected chi connectivity index (χ0v) is 17.9. The van der Waals surface area contributed by atoms with Gasteiger partial charge < -0.3 is 29.5 Å². The van der Waals surface area contributed by atoms with Crippen molar-refractivity contribution < 1.29 is 29.0 Å². The molecule has 3 N–H and O–H groups in total. The Balaban J connectivity index is 1.78. The van der Waals surface area contributed by atoms with Crippen molar-refractivity contribution in [3.63, 3.8) is 0 Å². The lowest BCUT2D eigenvalue weighted by molar-refractivity contribution is -0.892. The number of rotatable bonds is 12. The van der Waals surface area contributed by atoms with Gasteiger partial charge in [0.2, 0.25) is 11.5 Å². The SMILES string of the molecule is CC(CC(=O)NCC[N+](C)(C)CC(O)COc1cccc2[nH]c(=O)ccc12)O[N+](=O)[O-]. The van der Waals surface area contributed by atoms with Gasteiger partial charge >= 0.3 is 0 Å². The average Bonchev–Trinajstić information content (AvgIpc) is 2.64. The lowest BCUT2D eigenvalue weighted by Crippen LogP contribution is -2.50. The first kappa shape index (κ1) is 24.1. The number of aliphatic hydroxyl groups excluding tert-OH is 1. The highest BCUT2D eigenvalue weighted by atomic mass is 17.0. The molecule has 2 rings (SSSR count). The molecular weight excluding hydrogens is 408 g/mol. The van der Waals surface area contributed by atoms with Crippen molar-refractivity contribution >= 4 is 16.8 Å². The number of ether oxygens (including phenoxy) is 1. The first-order valence-corrected chi connectivity index (χ1v) is 9.88. The van der Waals surface area contributed by atoms with Crippen molar-refractivity contribution in [2.75, 3.05) is 40.3 Å². The molecule has 0 spiro atoms. The van der Waals surface area contributed by atoms with Crippen molar-refractivity contribution in [3.05, 3.63) is 50.8 Å². The number of carbonyl (C=O) groups is 1. The summed E-state index contributed by atoms with van der Waals surface area (Å²) in [6.07, 6.45) is -1.68. The van der Waals surface area contributed by atoms with Gasteiger partial charge in [-0.15, -0.1) is 10.1 Å². The second-order valence-corrected chi connectivity index (χ2v) is 8.04. The number of quaternary nitrogens is 1. The molecule has 2 unspecified atom stereocenters. The van der Waals surface area contributed by atoms with E-state index < -0.39 is 17.3 Å². The van der Waals surface area contributed by atoms with Crippen LogP contribution in [0.4, 0.5) is 0 Å². The predicted octanol–water partition coefficient (Wildman–Crippen LogP) is 0.447. The smallest absolute Gasteiger partial charge is 0.294 e. The maximum absolute atomic E-state index is 11.8. The number of benzene rings is 1. The Kier molecular flexibility index (Phi) is 8.34. The fourth-order valence-corrected chi connectivity index (χ4v) is 3.20. The molecule has 2 aromatic rings. The second kappa shape index (κ2) is 10.7. The molecule has 0 aliphatic carbocycles. The minimum atomic E-state index is -0.918. The zero-order valence-electron chi connectivity index (χ0n) is 17.9. The summed E-state index contributed by atoms with van der Waals surface area (Å²) in [7, 11) is 3.83. The first-order valence-electron chi connectivity index (χ1n) is 9.88. The van der Waals surface area contributed by atoms with Gasteiger partial charge in [-0.25, -0.2) is 0 Å². The van der Waals surface area contributed by atoms with Crippen molar-refractivity contribution in [2.24, 2.45) is 0 Å². The van der Waals surface area contributed by atoms with Gasteiger partial charge in [0.1, 0.15) is 31.1 Å². The Hall–Kier alpha value is -3.18. The van der Waals surface area contributed by atoms with Crippen LogP contribution in [0.5, 0.6) is 5.75 Å². The van der Waals surface area contributed by atoms with E-state index in [1.165, 1.54) is 13.0 Å². The summed E-state index contributed by atoms with van der Waals surface area (Å²) < 4.78 is 6.19. The normalized spacial score (nSPS) is 13.4. The number of H-pyrrole nitrogens is 1. The largest absolute Gasteiger partial charge is 0.490 e. The van der Waals surface area contributed by atoms with Crippen LogP contribution in [0, 0.1) is 10.1 Å². The van der Waals surface area contributed by atoms with E-state index in [0.717, 1.165) is 5.39 Å². The third-order valence-electron chi connectivity index (χ3n) is 4.64. The predicted molar refractivity (Wildman–Crippen MR) is 113 cm³/mol. The van der Waals surface area contributed by atoms with Gasteiger partial charge in [-0.1, -0.05) is 6.07 Å². The quantitative estimate of drug-likeness (QED) is 0.248. The number of aromatic nitrogens is 1. The Labute approximate surface area is 179 Å². The van der Waals surface area contributed by atoms with Crippen LogP contribution < -0.4 is 15.6 Å². The van der Waals surface area contributed by atoms with Crippen molar-refractivity contribution in [2.45, 2.75) is 25.6 Å². The number of nitrogens with zero attached hydrogens (tertiary/aromatic N) is 2. The highest BCUT2D eigenvalue weighted by Crippen LogP contribution is 2.23. The summed E-state index contributed by atoms with van der Waals surface area (Å²) in [6, 6.07) is 8.41. The van der Waals surface area contributed by atoms with Gasteiger partial charge in [0, 0.05) is 11.5 Å². The van der Waals surface area contributed by atoms with Crippen LogP contribution in [0.1, 0.15) is 13.3 Å². The van der Waals surface area contributed by atoms with Gasteiger partial charge in [0.05, 0.1) is 39.1 Å². The summed E-state index contributed by atoms with van der Waals surface area (Å²) in [4.78, 5) is 40.6. The minimum Gasteiger partial charge on any atom is -0.490 e.